The molecule has 5 unspecified atom stereocenters. The Balaban J connectivity index is 1.84. The van der Waals surface area contributed by atoms with Crippen LogP contribution in [-0.4, -0.2) is 25.3 Å². The lowest BCUT2D eigenvalue weighted by Gasteiger charge is -2.35. The van der Waals surface area contributed by atoms with Gasteiger partial charge in [0.1, 0.15) is 0 Å². The summed E-state index contributed by atoms with van der Waals surface area (Å²) in [5.74, 6) is 0.853. The average Bonchev–Trinajstić information content (AvgIpc) is 2.94. The molecule has 0 aromatic carbocycles. The van der Waals surface area contributed by atoms with Gasteiger partial charge in [-0.15, -0.1) is 0 Å². The highest BCUT2D eigenvalue weighted by molar-refractivity contribution is 5.12. The molecule has 2 fully saturated rings. The molecule has 0 amide bonds. The number of hydrogen-bond acceptors (Lipinski definition) is 3. The van der Waals surface area contributed by atoms with Crippen LogP contribution in [0.3, 0.4) is 0 Å². The van der Waals surface area contributed by atoms with Crippen molar-refractivity contribution in [2.24, 2.45) is 17.8 Å². The van der Waals surface area contributed by atoms with Gasteiger partial charge in [0.05, 0.1) is 12.2 Å². The van der Waals surface area contributed by atoms with Crippen LogP contribution in [-0.2, 0) is 14.2 Å². The maximum absolute atomic E-state index is 5.97. The van der Waals surface area contributed by atoms with Gasteiger partial charge >= 0.3 is 0 Å². The molecule has 0 aromatic rings. The van der Waals surface area contributed by atoms with Crippen molar-refractivity contribution in [3.8, 4) is 0 Å². The van der Waals surface area contributed by atoms with Crippen LogP contribution < -0.4 is 0 Å². The van der Waals surface area contributed by atoms with E-state index < -0.39 is 5.97 Å². The minimum atomic E-state index is -0.789. The Morgan fingerprint density at radius 3 is 2.25 bits per heavy atom. The molecule has 2 aliphatic carbocycles. The lowest BCUT2D eigenvalue weighted by atomic mass is 9.91. The van der Waals surface area contributed by atoms with Crippen molar-refractivity contribution < 1.29 is 14.2 Å². The van der Waals surface area contributed by atoms with Crippen LogP contribution in [0.25, 0.3) is 0 Å². The summed E-state index contributed by atoms with van der Waals surface area (Å²) in [6, 6.07) is 0. The predicted octanol–water partition coefficient (Wildman–Crippen LogP) is 2.32. The van der Waals surface area contributed by atoms with Crippen LogP contribution in [0.1, 0.15) is 26.7 Å². The molecule has 16 heavy (non-hydrogen) atoms. The van der Waals surface area contributed by atoms with Gasteiger partial charge in [-0.25, -0.2) is 0 Å². The van der Waals surface area contributed by atoms with Gasteiger partial charge in [0.15, 0.2) is 0 Å². The summed E-state index contributed by atoms with van der Waals surface area (Å²) in [7, 11) is 1.69. The maximum Gasteiger partial charge on any atom is 0.286 e. The summed E-state index contributed by atoms with van der Waals surface area (Å²) in [6.07, 6.45) is 7.23. The van der Waals surface area contributed by atoms with Gasteiger partial charge in [-0.2, -0.15) is 0 Å². The average molecular weight is 224 g/mol. The first kappa shape index (κ1) is 10.8. The Bertz CT molecular complexity index is 302. The molecule has 0 N–H and O–H groups in total. The van der Waals surface area contributed by atoms with E-state index in [1.165, 1.54) is 6.42 Å². The molecule has 0 radical (unpaired) electrons. The molecule has 3 heteroatoms. The van der Waals surface area contributed by atoms with Crippen molar-refractivity contribution in [3.05, 3.63) is 12.2 Å². The molecule has 5 atom stereocenters. The Hall–Kier alpha value is -0.380. The van der Waals surface area contributed by atoms with Crippen molar-refractivity contribution in [3.63, 3.8) is 0 Å². The second-order valence-electron chi connectivity index (χ2n) is 5.34. The highest BCUT2D eigenvalue weighted by Crippen LogP contribution is 2.52. The Morgan fingerprint density at radius 1 is 1.12 bits per heavy atom. The molecular weight excluding hydrogens is 204 g/mol. The summed E-state index contributed by atoms with van der Waals surface area (Å²) in [5, 5.41) is 0. The highest BCUT2D eigenvalue weighted by atomic mass is 16.9. The predicted molar refractivity (Wildman–Crippen MR) is 59.7 cm³/mol. The van der Waals surface area contributed by atoms with E-state index in [-0.39, 0.29) is 12.2 Å². The van der Waals surface area contributed by atoms with Crippen LogP contribution in [0, 0.1) is 17.8 Å². The smallest absolute Gasteiger partial charge is 0.286 e. The Labute approximate surface area is 96.8 Å². The molecular formula is C13H20O3. The highest BCUT2D eigenvalue weighted by Gasteiger charge is 2.56. The third kappa shape index (κ3) is 1.38. The fourth-order valence-corrected chi connectivity index (χ4v) is 3.35. The maximum atomic E-state index is 5.97. The monoisotopic (exact) mass is 224 g/mol. The SMILES string of the molecule is COC1(C2CC3C=CC2C3)OC(C)C(C)O1. The lowest BCUT2D eigenvalue weighted by Crippen LogP contribution is -2.43. The number of fused-ring (bicyclic) bond motifs is 2. The molecule has 2 bridgehead atoms. The molecule has 1 aliphatic heterocycles. The molecule has 1 heterocycles. The zero-order valence-electron chi connectivity index (χ0n) is 10.2. The summed E-state index contributed by atoms with van der Waals surface area (Å²) >= 11 is 0. The van der Waals surface area contributed by atoms with E-state index in [0.717, 1.165) is 6.42 Å². The molecule has 1 saturated carbocycles. The number of hydrogen-bond donors (Lipinski definition) is 0. The van der Waals surface area contributed by atoms with E-state index in [1.54, 1.807) is 7.11 Å². The second-order valence-corrected chi connectivity index (χ2v) is 5.34. The number of methoxy groups -OCH3 is 1. The molecule has 1 saturated heterocycles. The standard InChI is InChI=1S/C13H20O3/c1-8-9(2)16-13(14-3,15-8)12-7-10-4-5-11(12)6-10/h4-5,8-12H,6-7H2,1-3H3. The Morgan fingerprint density at radius 2 is 1.81 bits per heavy atom. The van der Waals surface area contributed by atoms with Crippen LogP contribution >= 0.6 is 0 Å². The van der Waals surface area contributed by atoms with Crippen molar-refractivity contribution >= 4 is 0 Å². The lowest BCUT2D eigenvalue weighted by molar-refractivity contribution is -0.360. The normalized spacial score (nSPS) is 55.1. The van der Waals surface area contributed by atoms with Gasteiger partial charge in [-0.05, 0) is 38.5 Å². The fraction of sp³-hybridized carbons (Fsp3) is 0.846. The first-order chi connectivity index (χ1) is 7.64. The molecule has 3 rings (SSSR count). The van der Waals surface area contributed by atoms with Gasteiger partial charge < -0.3 is 14.2 Å². The van der Waals surface area contributed by atoms with Crippen molar-refractivity contribution in [1.29, 1.82) is 0 Å². The third-order valence-electron chi connectivity index (χ3n) is 4.38. The largest absolute Gasteiger partial charge is 0.331 e. The van der Waals surface area contributed by atoms with E-state index >= 15 is 0 Å². The van der Waals surface area contributed by atoms with Crippen molar-refractivity contribution in [2.75, 3.05) is 7.11 Å². The van der Waals surface area contributed by atoms with Gasteiger partial charge in [0.2, 0.25) is 0 Å². The van der Waals surface area contributed by atoms with E-state index in [2.05, 4.69) is 26.0 Å². The van der Waals surface area contributed by atoms with Crippen LogP contribution in [0.4, 0.5) is 0 Å². The molecule has 90 valence electrons. The van der Waals surface area contributed by atoms with Gasteiger partial charge in [-0.3, -0.25) is 0 Å². The number of allylic oxidation sites excluding steroid dienone is 2. The molecule has 0 spiro atoms. The molecule has 3 nitrogen and oxygen atoms in total. The van der Waals surface area contributed by atoms with Gasteiger partial charge in [0.25, 0.3) is 5.97 Å². The third-order valence-corrected chi connectivity index (χ3v) is 4.38. The summed E-state index contributed by atoms with van der Waals surface area (Å²) in [4.78, 5) is 0. The van der Waals surface area contributed by atoms with E-state index in [4.69, 9.17) is 14.2 Å². The van der Waals surface area contributed by atoms with Crippen LogP contribution in [0.2, 0.25) is 0 Å². The van der Waals surface area contributed by atoms with Crippen LogP contribution in [0.15, 0.2) is 12.2 Å². The summed E-state index contributed by atoms with van der Waals surface area (Å²) in [5.41, 5.74) is 0. The summed E-state index contributed by atoms with van der Waals surface area (Å²) in [6.45, 7) is 4.10. The molecule has 3 aliphatic rings. The van der Waals surface area contributed by atoms with E-state index in [9.17, 15) is 0 Å². The number of ether oxygens (including phenoxy) is 3. The van der Waals surface area contributed by atoms with Gasteiger partial charge in [-0.1, -0.05) is 12.2 Å². The fourth-order valence-electron chi connectivity index (χ4n) is 3.35. The van der Waals surface area contributed by atoms with Crippen molar-refractivity contribution in [2.45, 2.75) is 44.9 Å². The van der Waals surface area contributed by atoms with Crippen molar-refractivity contribution in [1.82, 2.24) is 0 Å². The topological polar surface area (TPSA) is 27.7 Å². The van der Waals surface area contributed by atoms with E-state index in [1.807, 2.05) is 0 Å². The first-order valence-corrected chi connectivity index (χ1v) is 6.24. The summed E-state index contributed by atoms with van der Waals surface area (Å²) < 4.78 is 17.5. The van der Waals surface area contributed by atoms with Crippen LogP contribution in [0.5, 0.6) is 0 Å². The first-order valence-electron chi connectivity index (χ1n) is 6.24. The minimum Gasteiger partial charge on any atom is -0.331 e. The van der Waals surface area contributed by atoms with Gasteiger partial charge in [0, 0.05) is 13.0 Å². The molecule has 0 aromatic heterocycles. The second kappa shape index (κ2) is 3.56. The minimum absolute atomic E-state index is 0.114. The number of rotatable bonds is 2. The quantitative estimate of drug-likeness (QED) is 0.674. The zero-order valence-corrected chi connectivity index (χ0v) is 10.2. The zero-order chi connectivity index (χ0) is 11.3. The van der Waals surface area contributed by atoms with E-state index in [0.29, 0.717) is 17.8 Å². The Kier molecular flexibility index (Phi) is 2.39.